The van der Waals surface area contributed by atoms with E-state index in [1.807, 2.05) is 45.3 Å². The molecule has 4 aromatic carbocycles. The summed E-state index contributed by atoms with van der Waals surface area (Å²) < 4.78 is 2.58. The van der Waals surface area contributed by atoms with Crippen molar-refractivity contribution in [3.63, 3.8) is 0 Å². The van der Waals surface area contributed by atoms with Crippen molar-refractivity contribution in [2.75, 3.05) is 0 Å². The fourth-order valence-electron chi connectivity index (χ4n) is 10.6. The molecule has 0 unspecified atom stereocenters. The molecule has 0 aliphatic heterocycles. The predicted octanol–water partition coefficient (Wildman–Crippen LogP) is 20.5. The van der Waals surface area contributed by atoms with Crippen LogP contribution in [0.25, 0.3) is 78.3 Å². The Hall–Kier alpha value is -4.52. The monoisotopic (exact) mass is 939 g/mol. The minimum absolute atomic E-state index is 0.0405. The zero-order valence-electron chi connectivity index (χ0n) is 40.3. The van der Waals surface area contributed by atoms with Gasteiger partial charge in [-0.2, -0.15) is 0 Å². The van der Waals surface area contributed by atoms with Crippen LogP contribution in [0.5, 0.6) is 0 Å². The van der Waals surface area contributed by atoms with Crippen LogP contribution >= 0.6 is 45.3 Å². The van der Waals surface area contributed by atoms with E-state index in [0.29, 0.717) is 0 Å². The molecule has 10 rings (SSSR count). The molecule has 5 aromatic heterocycles. The largest absolute Gasteiger partial charge is 0.309 e. The maximum absolute atomic E-state index is 2.64. The SMILES string of the molecule is CCCCCCC1(CCCCCC)c2cc(-c3ccc(-c4ccc(-c5ccc(-c6cccs6)s5)s4)s3)ccc2-c2ccc(-n3c4ccc(C(C)(C)C)cc4c4cc(C(C)(C)C)ccc43)cc21. The topological polar surface area (TPSA) is 4.93 Å². The molecule has 5 heteroatoms. The molecule has 1 aliphatic carbocycles. The highest BCUT2D eigenvalue weighted by molar-refractivity contribution is 7.28. The molecule has 66 heavy (non-hydrogen) atoms. The maximum atomic E-state index is 2.64. The van der Waals surface area contributed by atoms with E-state index in [4.69, 9.17) is 0 Å². The van der Waals surface area contributed by atoms with Crippen LogP contribution in [0.2, 0.25) is 0 Å². The normalized spacial score (nSPS) is 13.6. The Bertz CT molecular complexity index is 3060. The second-order valence-electron chi connectivity index (χ2n) is 21.0. The van der Waals surface area contributed by atoms with E-state index in [1.54, 1.807) is 11.1 Å². The second-order valence-corrected chi connectivity index (χ2v) is 25.2. The van der Waals surface area contributed by atoms with E-state index in [2.05, 4.69) is 187 Å². The van der Waals surface area contributed by atoms with Crippen molar-refractivity contribution in [2.24, 2.45) is 0 Å². The predicted molar refractivity (Wildman–Crippen MR) is 295 cm³/mol. The quantitative estimate of drug-likeness (QED) is 0.0903. The van der Waals surface area contributed by atoms with Gasteiger partial charge in [0.15, 0.2) is 0 Å². The Morgan fingerprint density at radius 3 is 1.44 bits per heavy atom. The molecule has 0 saturated heterocycles. The lowest BCUT2D eigenvalue weighted by Crippen LogP contribution is -2.26. The summed E-state index contributed by atoms with van der Waals surface area (Å²) in [6.45, 7) is 18.7. The van der Waals surface area contributed by atoms with Crippen LogP contribution in [-0.2, 0) is 16.2 Å². The average Bonchev–Trinajstić information content (AvgIpc) is 4.17. The first-order chi connectivity index (χ1) is 31.9. The highest BCUT2D eigenvalue weighted by Gasteiger charge is 2.43. The summed E-state index contributed by atoms with van der Waals surface area (Å²) in [6, 6.07) is 47.9. The first-order valence-electron chi connectivity index (χ1n) is 24.6. The summed E-state index contributed by atoms with van der Waals surface area (Å²) in [5.41, 5.74) is 14.1. The smallest absolute Gasteiger partial charge is 0.0541 e. The van der Waals surface area contributed by atoms with Gasteiger partial charge in [-0.25, -0.2) is 0 Å². The van der Waals surface area contributed by atoms with E-state index in [1.165, 1.54) is 154 Å². The van der Waals surface area contributed by atoms with Gasteiger partial charge >= 0.3 is 0 Å². The van der Waals surface area contributed by atoms with Gasteiger partial charge in [-0.15, -0.1) is 45.3 Å². The molecule has 0 saturated carbocycles. The van der Waals surface area contributed by atoms with Gasteiger partial charge in [-0.3, -0.25) is 0 Å². The zero-order chi connectivity index (χ0) is 45.8. The van der Waals surface area contributed by atoms with E-state index < -0.39 is 0 Å². The minimum Gasteiger partial charge on any atom is -0.309 e. The van der Waals surface area contributed by atoms with Gasteiger partial charge in [0.1, 0.15) is 0 Å². The van der Waals surface area contributed by atoms with Crippen LogP contribution in [0.4, 0.5) is 0 Å². The molecule has 0 atom stereocenters. The van der Waals surface area contributed by atoms with Gasteiger partial charge < -0.3 is 4.57 Å². The molecule has 0 radical (unpaired) electrons. The third-order valence-electron chi connectivity index (χ3n) is 14.4. The van der Waals surface area contributed by atoms with Crippen LogP contribution in [-0.4, -0.2) is 4.57 Å². The van der Waals surface area contributed by atoms with E-state index in [9.17, 15) is 0 Å². The summed E-state index contributed by atoms with van der Waals surface area (Å²) in [7, 11) is 0. The van der Waals surface area contributed by atoms with Crippen molar-refractivity contribution in [1.82, 2.24) is 4.57 Å². The van der Waals surface area contributed by atoms with Crippen molar-refractivity contribution in [2.45, 2.75) is 136 Å². The first-order valence-corrected chi connectivity index (χ1v) is 27.9. The fraction of sp³-hybridized carbons (Fsp3) is 0.344. The van der Waals surface area contributed by atoms with Crippen LogP contribution in [0, 0.1) is 0 Å². The lowest BCUT2D eigenvalue weighted by Gasteiger charge is -2.33. The molecule has 0 amide bonds. The lowest BCUT2D eigenvalue weighted by atomic mass is 9.70. The van der Waals surface area contributed by atoms with Gasteiger partial charge in [0.25, 0.3) is 0 Å². The number of hydrogen-bond acceptors (Lipinski definition) is 4. The molecular weight excluding hydrogens is 875 g/mol. The highest BCUT2D eigenvalue weighted by atomic mass is 32.1. The summed E-state index contributed by atoms with van der Waals surface area (Å²) in [4.78, 5) is 9.46. The Morgan fingerprint density at radius 2 is 0.939 bits per heavy atom. The Labute approximate surface area is 410 Å². The number of thiophene rings is 4. The summed E-state index contributed by atoms with van der Waals surface area (Å²) in [5, 5.41) is 4.87. The summed E-state index contributed by atoms with van der Waals surface area (Å²) in [6.07, 6.45) is 12.5. The third kappa shape index (κ3) is 8.41. The second kappa shape index (κ2) is 18.2. The summed E-state index contributed by atoms with van der Waals surface area (Å²) >= 11 is 7.59. The van der Waals surface area contributed by atoms with Crippen LogP contribution in [0.1, 0.15) is 142 Å². The van der Waals surface area contributed by atoms with E-state index in [-0.39, 0.29) is 16.2 Å². The Morgan fingerprint density at radius 1 is 0.455 bits per heavy atom. The molecule has 1 nitrogen and oxygen atoms in total. The summed E-state index contributed by atoms with van der Waals surface area (Å²) in [5.74, 6) is 0. The number of benzene rings is 4. The fourth-order valence-corrected chi connectivity index (χ4v) is 14.7. The molecular formula is C61H65NS4. The van der Waals surface area contributed by atoms with E-state index in [0.717, 1.165) is 0 Å². The number of nitrogens with zero attached hydrogens (tertiary/aromatic N) is 1. The maximum Gasteiger partial charge on any atom is 0.0541 e. The molecule has 9 aromatic rings. The minimum atomic E-state index is -0.0405. The van der Waals surface area contributed by atoms with Crippen LogP contribution < -0.4 is 0 Å². The molecule has 0 N–H and O–H groups in total. The molecule has 5 heterocycles. The van der Waals surface area contributed by atoms with Gasteiger partial charge in [-0.1, -0.05) is 143 Å². The van der Waals surface area contributed by atoms with Gasteiger partial charge in [-0.05, 0) is 153 Å². The average molecular weight is 940 g/mol. The van der Waals surface area contributed by atoms with Gasteiger partial charge in [0.05, 0.1) is 11.0 Å². The van der Waals surface area contributed by atoms with Crippen LogP contribution in [0.15, 0.2) is 127 Å². The molecule has 0 bridgehead atoms. The van der Waals surface area contributed by atoms with Gasteiger partial charge in [0.2, 0.25) is 0 Å². The molecule has 338 valence electrons. The Kier molecular flexibility index (Phi) is 12.5. The van der Waals surface area contributed by atoms with Gasteiger partial charge in [0, 0.05) is 56.0 Å². The zero-order valence-corrected chi connectivity index (χ0v) is 43.5. The third-order valence-corrected chi connectivity index (χ3v) is 19.1. The van der Waals surface area contributed by atoms with Crippen molar-refractivity contribution < 1.29 is 0 Å². The molecule has 1 aliphatic rings. The van der Waals surface area contributed by atoms with Crippen molar-refractivity contribution in [3.8, 4) is 56.5 Å². The number of unbranched alkanes of at least 4 members (excludes halogenated alkanes) is 6. The standard InChI is InChI=1S/C61H65NS4/c1-9-11-13-15-33-61(34-16-14-12-10-2)48-36-40(52-27-28-55(64-52)56-31-32-58(66-56)57-30-29-54(65-57)53-18-17-35-63-53)19-23-44(48)45-24-22-43(39-49(45)61)62-50-25-20-41(59(3,4)5)37-46(50)47-38-42(60(6,7)8)21-26-51(47)62/h17-32,35-39H,9-16,33-34H2,1-8H3. The lowest BCUT2D eigenvalue weighted by molar-refractivity contribution is 0.401. The van der Waals surface area contributed by atoms with Crippen molar-refractivity contribution in [3.05, 3.63) is 149 Å². The number of fused-ring (bicyclic) bond motifs is 6. The van der Waals surface area contributed by atoms with Crippen LogP contribution in [0.3, 0.4) is 0 Å². The van der Waals surface area contributed by atoms with Crippen molar-refractivity contribution in [1.29, 1.82) is 0 Å². The number of hydrogen-bond donors (Lipinski definition) is 0. The Balaban J connectivity index is 1.07. The number of rotatable bonds is 15. The molecule has 0 fully saturated rings. The molecule has 0 spiro atoms. The first kappa shape index (κ1) is 45.3. The van der Waals surface area contributed by atoms with Crippen molar-refractivity contribution >= 4 is 67.2 Å². The van der Waals surface area contributed by atoms with E-state index >= 15 is 0 Å². The number of aromatic nitrogens is 1. The highest BCUT2D eigenvalue weighted by Crippen LogP contribution is 2.56.